The number of fused-ring (bicyclic) bond motifs is 2. The minimum Gasteiger partial charge on any atom is -0.457 e. The maximum absolute atomic E-state index is 10.7. The molecule has 3 rings (SSSR count). The molecule has 19 heavy (non-hydrogen) atoms. The van der Waals surface area contributed by atoms with Crippen LogP contribution in [0.1, 0.15) is 11.1 Å². The van der Waals surface area contributed by atoms with Gasteiger partial charge in [0, 0.05) is 6.42 Å². The van der Waals surface area contributed by atoms with Crippen molar-refractivity contribution < 1.29 is 33.2 Å². The highest BCUT2D eigenvalue weighted by molar-refractivity contribution is 5.54. The Labute approximate surface area is 111 Å². The summed E-state index contributed by atoms with van der Waals surface area (Å²) in [7, 11) is -4.51. The van der Waals surface area contributed by atoms with Crippen LogP contribution in [0, 0.1) is 10.2 Å². The van der Waals surface area contributed by atoms with Crippen molar-refractivity contribution in [3.8, 4) is 17.2 Å². The maximum Gasteiger partial charge on any atom is 0.295 e. The van der Waals surface area contributed by atoms with Crippen LogP contribution in [0.2, 0.25) is 0 Å². The van der Waals surface area contributed by atoms with Gasteiger partial charge in [-0.15, -0.1) is 0 Å². The van der Waals surface area contributed by atoms with Crippen molar-refractivity contribution >= 4 is 0 Å². The molecule has 0 bridgehead atoms. The molecule has 0 unspecified atom stereocenters. The SMILES string of the molecule is [O-][Cl+3]([O-])([O-])Oc1cccc2c1Cc1ccccc1O2. The summed E-state index contributed by atoms with van der Waals surface area (Å²) in [5.74, 6) is 1.22. The van der Waals surface area contributed by atoms with Crippen molar-refractivity contribution in [3.05, 3.63) is 53.6 Å². The van der Waals surface area contributed by atoms with E-state index in [0.717, 1.165) is 11.3 Å². The highest BCUT2D eigenvalue weighted by atomic mass is 35.7. The van der Waals surface area contributed by atoms with Gasteiger partial charge in [-0.05, 0) is 23.8 Å². The molecule has 0 saturated heterocycles. The van der Waals surface area contributed by atoms with Crippen LogP contribution in [0.4, 0.5) is 0 Å². The number of halogens is 1. The van der Waals surface area contributed by atoms with Gasteiger partial charge in [0.1, 0.15) is 21.7 Å². The lowest BCUT2D eigenvalue weighted by Crippen LogP contribution is -2.63. The molecule has 0 fully saturated rings. The predicted molar refractivity (Wildman–Crippen MR) is 56.4 cm³/mol. The van der Waals surface area contributed by atoms with E-state index in [0.29, 0.717) is 17.7 Å². The summed E-state index contributed by atoms with van der Waals surface area (Å²) in [5.41, 5.74) is 1.46. The van der Waals surface area contributed by atoms with Crippen LogP contribution < -0.4 is 23.0 Å². The summed E-state index contributed by atoms with van der Waals surface area (Å²) in [6, 6.07) is 12.1. The van der Waals surface area contributed by atoms with Gasteiger partial charge in [0.2, 0.25) is 0 Å². The zero-order valence-corrected chi connectivity index (χ0v) is 10.4. The van der Waals surface area contributed by atoms with Crippen molar-refractivity contribution in [3.63, 3.8) is 0 Å². The summed E-state index contributed by atoms with van der Waals surface area (Å²) in [5, 5.41) is 0. The normalized spacial score (nSPS) is 13.2. The molecule has 0 amide bonds. The van der Waals surface area contributed by atoms with Crippen molar-refractivity contribution in [2.75, 3.05) is 0 Å². The molecule has 2 aromatic rings. The van der Waals surface area contributed by atoms with Crippen LogP contribution in [-0.2, 0) is 6.42 Å². The number of benzene rings is 2. The zero-order valence-electron chi connectivity index (χ0n) is 9.67. The van der Waals surface area contributed by atoms with Crippen molar-refractivity contribution in [2.45, 2.75) is 6.42 Å². The Morgan fingerprint density at radius 2 is 1.68 bits per heavy atom. The lowest BCUT2D eigenvalue weighted by molar-refractivity contribution is -1.91. The van der Waals surface area contributed by atoms with Gasteiger partial charge in [-0.1, -0.05) is 28.6 Å². The molecule has 6 heteroatoms. The highest BCUT2D eigenvalue weighted by Gasteiger charge is 2.28. The zero-order chi connectivity index (χ0) is 13.5. The van der Waals surface area contributed by atoms with Gasteiger partial charge in [0.15, 0.2) is 0 Å². The molecule has 0 spiro atoms. The third-order valence-corrected chi connectivity index (χ3v) is 3.18. The number of hydrogen-bond donors (Lipinski definition) is 0. The van der Waals surface area contributed by atoms with Crippen LogP contribution in [-0.4, -0.2) is 0 Å². The van der Waals surface area contributed by atoms with Crippen LogP contribution in [0.3, 0.4) is 0 Å². The molecule has 0 radical (unpaired) electrons. The number of hydrogen-bond acceptors (Lipinski definition) is 5. The molecular weight excluding hydrogens is 272 g/mol. The van der Waals surface area contributed by atoms with Gasteiger partial charge in [0.05, 0.1) is 5.56 Å². The first kappa shape index (κ1) is 12.3. The highest BCUT2D eigenvalue weighted by Crippen LogP contribution is 2.40. The van der Waals surface area contributed by atoms with E-state index >= 15 is 0 Å². The van der Waals surface area contributed by atoms with E-state index in [4.69, 9.17) is 4.74 Å². The molecule has 1 aliphatic heterocycles. The largest absolute Gasteiger partial charge is 0.457 e. The monoisotopic (exact) mass is 280 g/mol. The molecule has 0 aliphatic carbocycles. The van der Waals surface area contributed by atoms with E-state index < -0.39 is 10.2 Å². The van der Waals surface area contributed by atoms with Crippen LogP contribution in [0.25, 0.3) is 0 Å². The molecule has 1 heterocycles. The van der Waals surface area contributed by atoms with Crippen molar-refractivity contribution in [2.24, 2.45) is 0 Å². The van der Waals surface area contributed by atoms with Crippen molar-refractivity contribution in [1.82, 2.24) is 0 Å². The molecule has 0 atom stereocenters. The van der Waals surface area contributed by atoms with E-state index in [9.17, 15) is 14.0 Å². The average molecular weight is 281 g/mol. The lowest BCUT2D eigenvalue weighted by atomic mass is 10.00. The van der Waals surface area contributed by atoms with Gasteiger partial charge in [-0.25, -0.2) is 0 Å². The first-order valence-electron chi connectivity index (χ1n) is 5.51. The summed E-state index contributed by atoms with van der Waals surface area (Å²) in [4.78, 5) is 0. The van der Waals surface area contributed by atoms with Gasteiger partial charge in [-0.3, -0.25) is 0 Å². The maximum atomic E-state index is 10.7. The third kappa shape index (κ3) is 2.50. The summed E-state index contributed by atoms with van der Waals surface area (Å²) >= 11 is 0. The Morgan fingerprint density at radius 3 is 2.47 bits per heavy atom. The number of ether oxygens (including phenoxy) is 1. The summed E-state index contributed by atoms with van der Waals surface area (Å²) in [6.45, 7) is 0. The Balaban J connectivity index is 2.01. The van der Waals surface area contributed by atoms with Gasteiger partial charge < -0.3 is 4.74 Å². The molecule has 0 aromatic heterocycles. The quantitative estimate of drug-likeness (QED) is 0.641. The fourth-order valence-corrected chi connectivity index (χ4v) is 2.40. The third-order valence-electron chi connectivity index (χ3n) is 2.83. The molecule has 0 saturated carbocycles. The summed E-state index contributed by atoms with van der Waals surface area (Å²) in [6.07, 6.45) is 0.451. The standard InChI is InChI=1S/C13H9ClO5/c15-14(16,17)19-13-7-3-6-12-10(13)8-9-4-1-2-5-11(9)18-12/h1-7H,8H2. The second-order valence-corrected chi connectivity index (χ2v) is 4.98. The lowest BCUT2D eigenvalue weighted by Gasteiger charge is -2.21. The number of rotatable bonds is 2. The van der Waals surface area contributed by atoms with E-state index in [2.05, 4.69) is 4.29 Å². The smallest absolute Gasteiger partial charge is 0.295 e. The van der Waals surface area contributed by atoms with Crippen LogP contribution in [0.15, 0.2) is 42.5 Å². The Hall–Kier alpha value is -1.79. The minimum absolute atomic E-state index is 0.00340. The molecule has 2 aromatic carbocycles. The second-order valence-electron chi connectivity index (χ2n) is 4.07. The van der Waals surface area contributed by atoms with Gasteiger partial charge in [0.25, 0.3) is 5.75 Å². The molecule has 0 N–H and O–H groups in total. The first-order chi connectivity index (χ1) is 9.03. The fraction of sp³-hybridized carbons (Fsp3) is 0.0769. The van der Waals surface area contributed by atoms with E-state index in [-0.39, 0.29) is 5.75 Å². The summed E-state index contributed by atoms with van der Waals surface area (Å²) < 4.78 is 42.1. The molecule has 5 nitrogen and oxygen atoms in total. The Kier molecular flexibility index (Phi) is 2.83. The van der Waals surface area contributed by atoms with Crippen LogP contribution >= 0.6 is 0 Å². The predicted octanol–water partition coefficient (Wildman–Crippen LogP) is -0.341. The number of para-hydroxylation sites is 1. The van der Waals surface area contributed by atoms with Gasteiger partial charge >= 0.3 is 0 Å². The van der Waals surface area contributed by atoms with E-state index in [1.54, 1.807) is 12.1 Å². The topological polar surface area (TPSA) is 87.6 Å². The average Bonchev–Trinajstić information content (AvgIpc) is 2.35. The Morgan fingerprint density at radius 1 is 0.947 bits per heavy atom. The molecule has 1 aliphatic rings. The van der Waals surface area contributed by atoms with Crippen molar-refractivity contribution in [1.29, 1.82) is 0 Å². The Bertz CT molecular complexity index is 621. The molecule has 98 valence electrons. The molecular formula is C13H9ClO5. The van der Waals surface area contributed by atoms with E-state index in [1.165, 1.54) is 6.07 Å². The van der Waals surface area contributed by atoms with Crippen LogP contribution in [0.5, 0.6) is 17.2 Å². The first-order valence-corrected chi connectivity index (χ1v) is 6.74. The minimum atomic E-state index is -4.51. The van der Waals surface area contributed by atoms with E-state index in [1.807, 2.05) is 24.3 Å². The van der Waals surface area contributed by atoms with Gasteiger partial charge in [-0.2, -0.15) is 14.0 Å². The fourth-order valence-electron chi connectivity index (χ4n) is 2.05. The second kappa shape index (κ2) is 4.40.